The van der Waals surface area contributed by atoms with Crippen LogP contribution in [-0.2, 0) is 0 Å². The quantitative estimate of drug-likeness (QED) is 0.682. The van der Waals surface area contributed by atoms with Crippen molar-refractivity contribution >= 4 is 5.69 Å². The van der Waals surface area contributed by atoms with Crippen molar-refractivity contribution in [2.75, 3.05) is 37.6 Å². The number of rotatable bonds is 5. The van der Waals surface area contributed by atoms with Crippen molar-refractivity contribution in [1.29, 1.82) is 0 Å². The van der Waals surface area contributed by atoms with E-state index in [0.29, 0.717) is 12.8 Å². The Morgan fingerprint density at radius 3 is 2.23 bits per heavy atom. The van der Waals surface area contributed by atoms with Gasteiger partial charge in [-0.2, -0.15) is 13.2 Å². The fourth-order valence-electron chi connectivity index (χ4n) is 4.45. The normalized spacial score (nSPS) is 25.5. The fraction of sp³-hybridized carbons (Fsp3) is 0.714. The highest BCUT2D eigenvalue weighted by Gasteiger charge is 2.41. The van der Waals surface area contributed by atoms with E-state index in [1.54, 1.807) is 0 Å². The van der Waals surface area contributed by atoms with Crippen LogP contribution in [0.15, 0.2) is 24.3 Å². The first kappa shape index (κ1) is 19.5. The zero-order chi connectivity index (χ0) is 18.6. The predicted molar refractivity (Wildman–Crippen MR) is 101 cm³/mol. The lowest BCUT2D eigenvalue weighted by Gasteiger charge is -2.38. The van der Waals surface area contributed by atoms with Gasteiger partial charge in [0.25, 0.3) is 0 Å². The predicted octanol–water partition coefficient (Wildman–Crippen LogP) is 5.44. The summed E-state index contributed by atoms with van der Waals surface area (Å²) in [6.07, 6.45) is 0.290. The molecule has 0 aromatic heterocycles. The highest BCUT2D eigenvalue weighted by atomic mass is 19.4. The number of hydrogen-bond donors (Lipinski definition) is 0. The second-order valence-electron chi connectivity index (χ2n) is 7.83. The number of para-hydroxylation sites is 1. The van der Waals surface area contributed by atoms with E-state index in [1.807, 2.05) is 6.07 Å². The van der Waals surface area contributed by atoms with Gasteiger partial charge < -0.3 is 4.90 Å². The topological polar surface area (TPSA) is 6.48 Å². The van der Waals surface area contributed by atoms with E-state index in [4.69, 9.17) is 0 Å². The molecule has 1 saturated heterocycles. The number of nitrogens with zero attached hydrogens (tertiary/aromatic N) is 2. The Hall–Kier alpha value is -1.23. The van der Waals surface area contributed by atoms with Gasteiger partial charge in [0.2, 0.25) is 0 Å². The van der Waals surface area contributed by atoms with E-state index >= 15 is 0 Å². The molecule has 1 heterocycles. The summed E-state index contributed by atoms with van der Waals surface area (Å²) in [6.45, 7) is 7.58. The van der Waals surface area contributed by atoms with Crippen molar-refractivity contribution in [2.45, 2.75) is 57.5 Å². The number of anilines is 1. The maximum atomic E-state index is 13.0. The third-order valence-corrected chi connectivity index (χ3v) is 6.11. The number of unbranched alkanes of at least 4 members (excludes halogenated alkanes) is 1. The minimum atomic E-state index is -4.03. The van der Waals surface area contributed by atoms with E-state index in [1.165, 1.54) is 30.6 Å². The van der Waals surface area contributed by atoms with Crippen molar-refractivity contribution in [3.05, 3.63) is 29.8 Å². The van der Waals surface area contributed by atoms with Crippen molar-refractivity contribution in [2.24, 2.45) is 5.92 Å². The van der Waals surface area contributed by atoms with Gasteiger partial charge in [-0.25, -0.2) is 0 Å². The zero-order valence-electron chi connectivity index (χ0n) is 15.8. The lowest BCUT2D eigenvalue weighted by atomic mass is 9.78. The van der Waals surface area contributed by atoms with E-state index < -0.39 is 12.1 Å². The molecule has 0 N–H and O–H groups in total. The second kappa shape index (κ2) is 8.64. The first-order valence-corrected chi connectivity index (χ1v) is 10.1. The molecule has 26 heavy (non-hydrogen) atoms. The molecular weight excluding hydrogens is 337 g/mol. The van der Waals surface area contributed by atoms with Gasteiger partial charge in [-0.3, -0.25) is 4.90 Å². The SMILES string of the molecule is CCCCN1CCN(c2ccccc2C2CCC(C(F)(F)F)CC2)CC1. The molecule has 2 fully saturated rings. The van der Waals surface area contributed by atoms with Gasteiger partial charge in [0, 0.05) is 31.9 Å². The molecule has 0 unspecified atom stereocenters. The summed E-state index contributed by atoms with van der Waals surface area (Å²) < 4.78 is 38.9. The molecule has 1 aromatic rings. The largest absolute Gasteiger partial charge is 0.391 e. The van der Waals surface area contributed by atoms with Gasteiger partial charge >= 0.3 is 6.18 Å². The second-order valence-corrected chi connectivity index (χ2v) is 7.83. The fourth-order valence-corrected chi connectivity index (χ4v) is 4.45. The smallest absolute Gasteiger partial charge is 0.369 e. The Balaban J connectivity index is 1.63. The Morgan fingerprint density at radius 1 is 0.962 bits per heavy atom. The maximum absolute atomic E-state index is 13.0. The highest BCUT2D eigenvalue weighted by Crippen LogP contribution is 2.44. The van der Waals surface area contributed by atoms with E-state index in [9.17, 15) is 13.2 Å². The van der Waals surface area contributed by atoms with Crippen LogP contribution in [0.2, 0.25) is 0 Å². The van der Waals surface area contributed by atoms with Crippen molar-refractivity contribution in [3.63, 3.8) is 0 Å². The van der Waals surface area contributed by atoms with Crippen LogP contribution in [-0.4, -0.2) is 43.8 Å². The molecule has 1 aliphatic heterocycles. The summed E-state index contributed by atoms with van der Waals surface area (Å²) in [4.78, 5) is 4.96. The molecule has 0 atom stereocenters. The molecular formula is C21H31F3N2. The number of benzene rings is 1. The van der Waals surface area contributed by atoms with Crippen LogP contribution in [0.25, 0.3) is 0 Å². The Bertz CT molecular complexity index is 557. The van der Waals surface area contributed by atoms with Crippen LogP contribution < -0.4 is 4.90 Å². The van der Waals surface area contributed by atoms with Crippen LogP contribution in [0.4, 0.5) is 18.9 Å². The molecule has 3 rings (SSSR count). The number of piperazine rings is 1. The van der Waals surface area contributed by atoms with E-state index in [2.05, 4.69) is 34.9 Å². The third kappa shape index (κ3) is 4.73. The van der Waals surface area contributed by atoms with Crippen molar-refractivity contribution in [3.8, 4) is 0 Å². The van der Waals surface area contributed by atoms with Gasteiger partial charge in [-0.15, -0.1) is 0 Å². The number of halogens is 3. The molecule has 0 bridgehead atoms. The van der Waals surface area contributed by atoms with E-state index in [-0.39, 0.29) is 18.8 Å². The van der Waals surface area contributed by atoms with E-state index in [0.717, 1.165) is 26.2 Å². The molecule has 0 spiro atoms. The maximum Gasteiger partial charge on any atom is 0.391 e. The molecule has 146 valence electrons. The Kier molecular flexibility index (Phi) is 6.49. The zero-order valence-corrected chi connectivity index (χ0v) is 15.8. The number of alkyl halides is 3. The van der Waals surface area contributed by atoms with Gasteiger partial charge in [-0.1, -0.05) is 31.5 Å². The first-order chi connectivity index (χ1) is 12.5. The Labute approximate surface area is 155 Å². The average Bonchev–Trinajstić information content (AvgIpc) is 2.66. The van der Waals surface area contributed by atoms with Crippen LogP contribution in [0, 0.1) is 5.92 Å². The summed E-state index contributed by atoms with van der Waals surface area (Å²) in [5.41, 5.74) is 2.51. The van der Waals surface area contributed by atoms with Gasteiger partial charge in [0.15, 0.2) is 0 Å². The molecule has 0 amide bonds. The first-order valence-electron chi connectivity index (χ1n) is 10.1. The standard InChI is InChI=1S/C21H31F3N2/c1-2-3-12-25-13-15-26(16-14-25)20-7-5-4-6-19(20)17-8-10-18(11-9-17)21(22,23)24/h4-7,17-18H,2-3,8-16H2,1H3. The molecule has 1 saturated carbocycles. The monoisotopic (exact) mass is 368 g/mol. The lowest BCUT2D eigenvalue weighted by molar-refractivity contribution is -0.182. The summed E-state index contributed by atoms with van der Waals surface area (Å²) >= 11 is 0. The molecule has 5 heteroatoms. The van der Waals surface area contributed by atoms with Crippen LogP contribution in [0.3, 0.4) is 0 Å². The third-order valence-electron chi connectivity index (χ3n) is 6.11. The highest BCUT2D eigenvalue weighted by molar-refractivity contribution is 5.55. The van der Waals surface area contributed by atoms with Crippen LogP contribution >= 0.6 is 0 Å². The molecule has 1 aliphatic carbocycles. The van der Waals surface area contributed by atoms with Crippen molar-refractivity contribution < 1.29 is 13.2 Å². The molecule has 1 aromatic carbocycles. The van der Waals surface area contributed by atoms with Crippen molar-refractivity contribution in [1.82, 2.24) is 4.90 Å². The van der Waals surface area contributed by atoms with Gasteiger partial charge in [0.05, 0.1) is 5.92 Å². The minimum Gasteiger partial charge on any atom is -0.369 e. The summed E-state index contributed by atoms with van der Waals surface area (Å²) in [5, 5.41) is 0. The van der Waals surface area contributed by atoms with Crippen LogP contribution in [0.1, 0.15) is 56.9 Å². The number of hydrogen-bond acceptors (Lipinski definition) is 2. The summed E-state index contributed by atoms with van der Waals surface area (Å²) in [6, 6.07) is 8.39. The van der Waals surface area contributed by atoms with Gasteiger partial charge in [0.1, 0.15) is 0 Å². The van der Waals surface area contributed by atoms with Gasteiger partial charge in [-0.05, 0) is 56.2 Å². The average molecular weight is 368 g/mol. The Morgan fingerprint density at radius 2 is 1.62 bits per heavy atom. The summed E-state index contributed by atoms with van der Waals surface area (Å²) in [7, 11) is 0. The molecule has 2 nitrogen and oxygen atoms in total. The molecule has 2 aliphatic rings. The molecule has 0 radical (unpaired) electrons. The summed E-state index contributed by atoms with van der Waals surface area (Å²) in [5.74, 6) is -0.837. The minimum absolute atomic E-state index is 0.267. The lowest BCUT2D eigenvalue weighted by Crippen LogP contribution is -2.47. The van der Waals surface area contributed by atoms with Crippen LogP contribution in [0.5, 0.6) is 0 Å².